The second kappa shape index (κ2) is 19.7. The first-order chi connectivity index (χ1) is 25.4. The number of hydrogen-bond donors (Lipinski definition) is 9. The van der Waals surface area contributed by atoms with Gasteiger partial charge in [0.2, 0.25) is 11.8 Å². The molecule has 0 bridgehead atoms. The molecule has 1 saturated heterocycles. The number of nitrogens with zero attached hydrogens (tertiary/aromatic N) is 4. The fraction of sp³-hybridized carbons (Fsp3) is 0.692. The van der Waals surface area contributed by atoms with E-state index in [1.165, 1.54) is 20.8 Å². The SMILES string of the molecule is CC(=O)CCCS(=O)CCNC(=O)CCNC(=O)C(O)C(C)(C)COP(=O)(O)OP(=O)(O)OCC1OC(n2cnc3c(N)ncnc32)C(O)C1OP(=O)(O)O. The Balaban J connectivity index is 1.49. The van der Waals surface area contributed by atoms with E-state index in [2.05, 4.69) is 34.4 Å². The highest BCUT2D eigenvalue weighted by molar-refractivity contribution is 7.85. The molecule has 3 heterocycles. The first-order valence-corrected chi connectivity index (χ1v) is 22.2. The molecule has 0 aromatic carbocycles. The molecule has 25 nitrogen and oxygen atoms in total. The molecule has 312 valence electrons. The van der Waals surface area contributed by atoms with Gasteiger partial charge in [0, 0.05) is 53.7 Å². The number of anilines is 1. The van der Waals surface area contributed by atoms with Crippen LogP contribution in [0.1, 0.15) is 46.3 Å². The van der Waals surface area contributed by atoms with Gasteiger partial charge < -0.3 is 55.7 Å². The van der Waals surface area contributed by atoms with Crippen LogP contribution < -0.4 is 16.4 Å². The van der Waals surface area contributed by atoms with Crippen molar-refractivity contribution in [1.29, 1.82) is 0 Å². The monoisotopic (exact) mass is 867 g/mol. The van der Waals surface area contributed by atoms with E-state index in [0.717, 1.165) is 17.2 Å². The number of phosphoric ester groups is 3. The molecule has 8 unspecified atom stereocenters. The van der Waals surface area contributed by atoms with Crippen LogP contribution in [0.4, 0.5) is 5.82 Å². The summed E-state index contributed by atoms with van der Waals surface area (Å²) in [6.07, 6.45) is -6.22. The van der Waals surface area contributed by atoms with Crippen LogP contribution in [-0.4, -0.2) is 133 Å². The third kappa shape index (κ3) is 14.7. The molecule has 2 amide bonds. The number of nitrogens with two attached hydrogens (primary N) is 1. The number of aromatic nitrogens is 4. The van der Waals surface area contributed by atoms with Crippen molar-refractivity contribution >= 4 is 68.8 Å². The van der Waals surface area contributed by atoms with Crippen LogP contribution in [0, 0.1) is 5.41 Å². The van der Waals surface area contributed by atoms with E-state index in [4.69, 9.17) is 19.5 Å². The number of phosphoric acid groups is 3. The minimum Gasteiger partial charge on any atom is -0.386 e. The molecule has 2 aromatic rings. The number of nitrogen functional groups attached to an aromatic ring is 1. The molecule has 29 heteroatoms. The molecule has 1 aliphatic rings. The lowest BCUT2D eigenvalue weighted by molar-refractivity contribution is -0.137. The minimum atomic E-state index is -5.58. The number of hydrogen-bond acceptors (Lipinski definition) is 18. The summed E-state index contributed by atoms with van der Waals surface area (Å²) < 4.78 is 73.9. The number of fused-ring (bicyclic) bond motifs is 1. The second-order valence-electron chi connectivity index (χ2n) is 12.7. The van der Waals surface area contributed by atoms with Crippen molar-refractivity contribution in [2.45, 2.75) is 70.7 Å². The van der Waals surface area contributed by atoms with Crippen LogP contribution in [0.25, 0.3) is 11.2 Å². The van der Waals surface area contributed by atoms with E-state index in [9.17, 15) is 62.1 Å². The highest BCUT2D eigenvalue weighted by Crippen LogP contribution is 2.61. The number of aliphatic hydroxyl groups excluding tert-OH is 2. The van der Waals surface area contributed by atoms with E-state index in [1.807, 2.05) is 0 Å². The molecule has 0 saturated carbocycles. The molecule has 1 aliphatic heterocycles. The first kappa shape index (κ1) is 46.7. The van der Waals surface area contributed by atoms with E-state index >= 15 is 0 Å². The Morgan fingerprint density at radius 1 is 1.04 bits per heavy atom. The lowest BCUT2D eigenvalue weighted by Gasteiger charge is -2.30. The van der Waals surface area contributed by atoms with Gasteiger partial charge in [0.15, 0.2) is 17.7 Å². The van der Waals surface area contributed by atoms with Gasteiger partial charge in [0.05, 0.1) is 19.5 Å². The van der Waals surface area contributed by atoms with Crippen molar-refractivity contribution in [2.75, 3.05) is 43.5 Å². The summed E-state index contributed by atoms with van der Waals surface area (Å²) in [4.78, 5) is 86.4. The summed E-state index contributed by atoms with van der Waals surface area (Å²) in [5.74, 6) is -1.06. The summed E-state index contributed by atoms with van der Waals surface area (Å²) >= 11 is 0. The van der Waals surface area contributed by atoms with Crippen LogP contribution in [0.5, 0.6) is 0 Å². The highest BCUT2D eigenvalue weighted by Gasteiger charge is 2.50. The van der Waals surface area contributed by atoms with E-state index in [-0.39, 0.29) is 48.0 Å². The standard InChI is InChI=1S/C26H44N7O18P3S/c1-15(34)5-4-9-55(46)10-8-28-17(35)6-7-29-24(38)21(37)26(2,3)12-48-54(44,45)51-53(42,43)47-11-16-20(50-52(39,40)41)19(36)25(49-16)33-14-32-18-22(27)30-13-31-23(18)33/h13-14,16,19-21,25,36-37H,4-12H2,1-3H3,(H,28,35)(H,29,38)(H,42,43)(H,44,45)(H2,27,30,31)(H2,39,40,41). The molecule has 3 rings (SSSR count). The molecule has 55 heavy (non-hydrogen) atoms. The second-order valence-corrected chi connectivity index (χ2v) is 18.7. The number of Topliss-reactive ketones (excluding diaryl/α,β-unsaturated/α-hetero) is 1. The summed E-state index contributed by atoms with van der Waals surface area (Å²) in [6.45, 7) is 1.74. The number of carbonyl (C=O) groups is 3. The number of rotatable bonds is 23. The summed E-state index contributed by atoms with van der Waals surface area (Å²) in [5, 5.41) is 26.2. The van der Waals surface area contributed by atoms with Crippen molar-refractivity contribution in [2.24, 2.45) is 5.41 Å². The fourth-order valence-electron chi connectivity index (χ4n) is 4.83. The molecular weight excluding hydrogens is 823 g/mol. The van der Waals surface area contributed by atoms with Gasteiger partial charge >= 0.3 is 23.5 Å². The third-order valence-electron chi connectivity index (χ3n) is 7.63. The topological polar surface area (TPSA) is 381 Å². The smallest absolute Gasteiger partial charge is 0.386 e. The number of ketones is 1. The van der Waals surface area contributed by atoms with Crippen LogP contribution in [0.3, 0.4) is 0 Å². The van der Waals surface area contributed by atoms with Crippen LogP contribution in [-0.2, 0) is 61.5 Å². The Morgan fingerprint density at radius 2 is 1.71 bits per heavy atom. The molecule has 0 radical (unpaired) electrons. The van der Waals surface area contributed by atoms with Gasteiger partial charge in [-0.3, -0.25) is 31.9 Å². The van der Waals surface area contributed by atoms with Crippen LogP contribution in [0.15, 0.2) is 12.7 Å². The lowest BCUT2D eigenvalue weighted by atomic mass is 9.87. The Labute approximate surface area is 315 Å². The molecule has 0 aliphatic carbocycles. The average Bonchev–Trinajstić information content (AvgIpc) is 3.62. The lowest BCUT2D eigenvalue weighted by Crippen LogP contribution is -2.46. The number of nitrogens with one attached hydrogen (secondary N) is 2. The maximum absolute atomic E-state index is 12.7. The summed E-state index contributed by atoms with van der Waals surface area (Å²) in [5.41, 5.74) is 4.23. The van der Waals surface area contributed by atoms with Gasteiger partial charge in [-0.1, -0.05) is 13.8 Å². The highest BCUT2D eigenvalue weighted by atomic mass is 32.2. The predicted molar refractivity (Wildman–Crippen MR) is 187 cm³/mol. The van der Waals surface area contributed by atoms with Crippen molar-refractivity contribution in [3.05, 3.63) is 12.7 Å². The van der Waals surface area contributed by atoms with Gasteiger partial charge in [0.1, 0.15) is 42.0 Å². The zero-order valence-corrected chi connectivity index (χ0v) is 33.1. The van der Waals surface area contributed by atoms with Gasteiger partial charge in [-0.15, -0.1) is 0 Å². The van der Waals surface area contributed by atoms with Crippen molar-refractivity contribution < 1.29 is 84.7 Å². The zero-order valence-electron chi connectivity index (χ0n) is 29.6. The number of carbonyl (C=O) groups excluding carboxylic acids is 3. The molecular formula is C26H44N7O18P3S. The van der Waals surface area contributed by atoms with Crippen molar-refractivity contribution in [1.82, 2.24) is 30.2 Å². The van der Waals surface area contributed by atoms with Crippen LogP contribution >= 0.6 is 23.5 Å². The van der Waals surface area contributed by atoms with E-state index in [1.54, 1.807) is 0 Å². The summed E-state index contributed by atoms with van der Waals surface area (Å²) in [7, 11) is -17.6. The normalized spacial score (nSPS) is 22.4. The van der Waals surface area contributed by atoms with Crippen molar-refractivity contribution in [3.8, 4) is 0 Å². The maximum Gasteiger partial charge on any atom is 0.481 e. The van der Waals surface area contributed by atoms with E-state index in [0.29, 0.717) is 18.6 Å². The minimum absolute atomic E-state index is 0.0118. The fourth-order valence-corrected chi connectivity index (χ4v) is 8.66. The third-order valence-corrected chi connectivity index (χ3v) is 12.1. The van der Waals surface area contributed by atoms with Gasteiger partial charge in [-0.05, 0) is 13.3 Å². The maximum atomic E-state index is 12.7. The predicted octanol–water partition coefficient (Wildman–Crippen LogP) is -1.48. The largest absolute Gasteiger partial charge is 0.481 e. The molecule has 2 aromatic heterocycles. The Bertz CT molecular complexity index is 1850. The molecule has 0 spiro atoms. The number of imidazole rings is 1. The zero-order chi connectivity index (χ0) is 41.4. The molecule has 10 N–H and O–H groups in total. The Morgan fingerprint density at radius 3 is 2.36 bits per heavy atom. The first-order valence-electron chi connectivity index (χ1n) is 16.1. The van der Waals surface area contributed by atoms with Gasteiger partial charge in [-0.25, -0.2) is 28.6 Å². The molecule has 8 atom stereocenters. The number of aliphatic hydroxyl groups is 2. The summed E-state index contributed by atoms with van der Waals surface area (Å²) in [6, 6.07) is 0. The Hall–Kier alpha value is -2.64. The van der Waals surface area contributed by atoms with E-state index < -0.39 is 95.4 Å². The molecule has 1 fully saturated rings. The number of ether oxygens (including phenoxy) is 1. The van der Waals surface area contributed by atoms with Gasteiger partial charge in [-0.2, -0.15) is 4.31 Å². The number of amides is 2. The average molecular weight is 868 g/mol. The van der Waals surface area contributed by atoms with Crippen LogP contribution in [0.2, 0.25) is 0 Å². The van der Waals surface area contributed by atoms with Crippen molar-refractivity contribution in [3.63, 3.8) is 0 Å². The Kier molecular flexibility index (Phi) is 16.7. The quantitative estimate of drug-likeness (QED) is 0.0575. The van der Waals surface area contributed by atoms with Gasteiger partial charge in [0.25, 0.3) is 0 Å².